The third-order valence-electron chi connectivity index (χ3n) is 3.17. The number of urea groups is 1. The Labute approximate surface area is 118 Å². The van der Waals surface area contributed by atoms with E-state index < -0.39 is 0 Å². The summed E-state index contributed by atoms with van der Waals surface area (Å²) in [4.78, 5) is 11.9. The quantitative estimate of drug-likeness (QED) is 0.865. The van der Waals surface area contributed by atoms with Gasteiger partial charge in [-0.15, -0.1) is 0 Å². The van der Waals surface area contributed by atoms with Crippen LogP contribution in [0.3, 0.4) is 0 Å². The number of anilines is 1. The second-order valence-electron chi connectivity index (χ2n) is 4.54. The van der Waals surface area contributed by atoms with E-state index in [1.54, 1.807) is 32.4 Å². The van der Waals surface area contributed by atoms with Crippen LogP contribution in [0.15, 0.2) is 18.2 Å². The number of carbonyl (C=O) groups is 1. The minimum absolute atomic E-state index is 0.118. The van der Waals surface area contributed by atoms with E-state index in [2.05, 4.69) is 10.6 Å². The van der Waals surface area contributed by atoms with E-state index in [-0.39, 0.29) is 12.1 Å². The lowest BCUT2D eigenvalue weighted by atomic mass is 10.2. The standard InChI is InChI=1S/C14H20N2O4/c1-18-10-5-6-13(19-2)12(8-10)16-14(17)15-9-11-4-3-7-20-11/h5-6,8,11H,3-4,7,9H2,1-2H3,(H2,15,16,17). The van der Waals surface area contributed by atoms with Crippen LogP contribution in [0.1, 0.15) is 12.8 Å². The van der Waals surface area contributed by atoms with Crippen molar-refractivity contribution < 1.29 is 19.0 Å². The SMILES string of the molecule is COc1ccc(OC)c(NC(=O)NCC2CCCO2)c1. The largest absolute Gasteiger partial charge is 0.497 e. The van der Waals surface area contributed by atoms with Crippen LogP contribution in [-0.4, -0.2) is 39.5 Å². The van der Waals surface area contributed by atoms with Gasteiger partial charge in [0.1, 0.15) is 11.5 Å². The highest BCUT2D eigenvalue weighted by atomic mass is 16.5. The van der Waals surface area contributed by atoms with Crippen molar-refractivity contribution >= 4 is 11.7 Å². The highest BCUT2D eigenvalue weighted by Crippen LogP contribution is 2.28. The Morgan fingerprint density at radius 2 is 2.25 bits per heavy atom. The average molecular weight is 280 g/mol. The summed E-state index contributed by atoms with van der Waals surface area (Å²) in [6.07, 6.45) is 2.16. The van der Waals surface area contributed by atoms with Crippen molar-refractivity contribution in [1.82, 2.24) is 5.32 Å². The van der Waals surface area contributed by atoms with Gasteiger partial charge in [0.15, 0.2) is 0 Å². The fourth-order valence-corrected chi connectivity index (χ4v) is 2.09. The number of benzene rings is 1. The average Bonchev–Trinajstić information content (AvgIpc) is 2.98. The molecule has 0 bridgehead atoms. The topological polar surface area (TPSA) is 68.8 Å². The van der Waals surface area contributed by atoms with Crippen molar-refractivity contribution in [3.8, 4) is 11.5 Å². The van der Waals surface area contributed by atoms with Crippen LogP contribution in [-0.2, 0) is 4.74 Å². The number of carbonyl (C=O) groups excluding carboxylic acids is 1. The summed E-state index contributed by atoms with van der Waals surface area (Å²) in [5.74, 6) is 1.23. The van der Waals surface area contributed by atoms with Crippen molar-refractivity contribution in [3.05, 3.63) is 18.2 Å². The van der Waals surface area contributed by atoms with Crippen LogP contribution in [0.2, 0.25) is 0 Å². The molecule has 1 heterocycles. The minimum Gasteiger partial charge on any atom is -0.497 e. The molecule has 1 fully saturated rings. The summed E-state index contributed by atoms with van der Waals surface area (Å²) in [7, 11) is 3.13. The van der Waals surface area contributed by atoms with Crippen molar-refractivity contribution in [2.75, 3.05) is 32.7 Å². The van der Waals surface area contributed by atoms with Gasteiger partial charge in [-0.25, -0.2) is 4.79 Å². The predicted molar refractivity (Wildman–Crippen MR) is 75.5 cm³/mol. The molecule has 0 radical (unpaired) electrons. The molecule has 0 saturated carbocycles. The smallest absolute Gasteiger partial charge is 0.319 e. The first-order valence-corrected chi connectivity index (χ1v) is 6.61. The van der Waals surface area contributed by atoms with E-state index in [0.29, 0.717) is 23.7 Å². The molecule has 110 valence electrons. The van der Waals surface area contributed by atoms with Gasteiger partial charge >= 0.3 is 6.03 Å². The van der Waals surface area contributed by atoms with E-state index in [0.717, 1.165) is 19.4 Å². The van der Waals surface area contributed by atoms with Gasteiger partial charge in [0, 0.05) is 19.2 Å². The first-order chi connectivity index (χ1) is 9.72. The lowest BCUT2D eigenvalue weighted by Gasteiger charge is -2.14. The number of nitrogens with one attached hydrogen (secondary N) is 2. The minimum atomic E-state index is -0.285. The summed E-state index contributed by atoms with van der Waals surface area (Å²) in [5.41, 5.74) is 0.566. The van der Waals surface area contributed by atoms with Gasteiger partial charge in [0.2, 0.25) is 0 Å². The van der Waals surface area contributed by atoms with Gasteiger partial charge in [-0.3, -0.25) is 0 Å². The maximum absolute atomic E-state index is 11.9. The molecule has 20 heavy (non-hydrogen) atoms. The van der Waals surface area contributed by atoms with E-state index in [9.17, 15) is 4.79 Å². The Morgan fingerprint density at radius 1 is 1.40 bits per heavy atom. The monoisotopic (exact) mass is 280 g/mol. The van der Waals surface area contributed by atoms with Crippen LogP contribution in [0.5, 0.6) is 11.5 Å². The van der Waals surface area contributed by atoms with Gasteiger partial charge in [-0.05, 0) is 25.0 Å². The van der Waals surface area contributed by atoms with Crippen molar-refractivity contribution in [3.63, 3.8) is 0 Å². The van der Waals surface area contributed by atoms with Crippen LogP contribution < -0.4 is 20.1 Å². The molecule has 2 N–H and O–H groups in total. The summed E-state index contributed by atoms with van der Waals surface area (Å²) in [6, 6.07) is 4.94. The van der Waals surface area contributed by atoms with Crippen molar-refractivity contribution in [1.29, 1.82) is 0 Å². The summed E-state index contributed by atoms with van der Waals surface area (Å²) >= 11 is 0. The molecule has 1 aromatic carbocycles. The Kier molecular flexibility index (Phi) is 5.06. The second kappa shape index (κ2) is 7.00. The van der Waals surface area contributed by atoms with Crippen LogP contribution in [0.4, 0.5) is 10.5 Å². The number of hydrogen-bond donors (Lipinski definition) is 2. The summed E-state index contributed by atoms with van der Waals surface area (Å²) < 4.78 is 15.8. The van der Waals surface area contributed by atoms with Gasteiger partial charge in [0.05, 0.1) is 26.0 Å². The third-order valence-corrected chi connectivity index (χ3v) is 3.17. The molecule has 6 heteroatoms. The third kappa shape index (κ3) is 3.77. The van der Waals surface area contributed by atoms with Crippen LogP contribution in [0, 0.1) is 0 Å². The van der Waals surface area contributed by atoms with Crippen LogP contribution >= 0.6 is 0 Å². The molecule has 1 unspecified atom stereocenters. The zero-order chi connectivity index (χ0) is 14.4. The van der Waals surface area contributed by atoms with Gasteiger partial charge in [-0.1, -0.05) is 0 Å². The first kappa shape index (κ1) is 14.5. The van der Waals surface area contributed by atoms with Gasteiger partial charge < -0.3 is 24.8 Å². The van der Waals surface area contributed by atoms with Crippen molar-refractivity contribution in [2.45, 2.75) is 18.9 Å². The predicted octanol–water partition coefficient (Wildman–Crippen LogP) is 2.00. The highest BCUT2D eigenvalue weighted by Gasteiger charge is 2.16. The molecule has 1 atom stereocenters. The first-order valence-electron chi connectivity index (χ1n) is 6.61. The van der Waals surface area contributed by atoms with E-state index in [1.807, 2.05) is 0 Å². The Hall–Kier alpha value is -1.95. The lowest BCUT2D eigenvalue weighted by Crippen LogP contribution is -2.35. The molecule has 6 nitrogen and oxygen atoms in total. The van der Waals surface area contributed by atoms with E-state index in [4.69, 9.17) is 14.2 Å². The molecular weight excluding hydrogens is 260 g/mol. The number of rotatable bonds is 5. The molecule has 1 aromatic rings. The fourth-order valence-electron chi connectivity index (χ4n) is 2.09. The van der Waals surface area contributed by atoms with Crippen LogP contribution in [0.25, 0.3) is 0 Å². The molecule has 1 saturated heterocycles. The zero-order valence-corrected chi connectivity index (χ0v) is 11.8. The molecule has 2 rings (SSSR count). The van der Waals surface area contributed by atoms with Crippen molar-refractivity contribution in [2.24, 2.45) is 0 Å². The molecule has 0 spiro atoms. The Bertz CT molecular complexity index is 458. The summed E-state index contributed by atoms with van der Waals surface area (Å²) in [6.45, 7) is 1.29. The highest BCUT2D eigenvalue weighted by molar-refractivity contribution is 5.91. The molecule has 2 amide bonds. The van der Waals surface area contributed by atoms with Gasteiger partial charge in [-0.2, -0.15) is 0 Å². The maximum Gasteiger partial charge on any atom is 0.319 e. The normalized spacial score (nSPS) is 17.6. The second-order valence-corrected chi connectivity index (χ2v) is 4.54. The number of hydrogen-bond acceptors (Lipinski definition) is 4. The molecule has 0 aliphatic carbocycles. The Balaban J connectivity index is 1.91. The summed E-state index contributed by atoms with van der Waals surface area (Å²) in [5, 5.41) is 5.54. The van der Waals surface area contributed by atoms with Gasteiger partial charge in [0.25, 0.3) is 0 Å². The molecule has 0 aromatic heterocycles. The number of methoxy groups -OCH3 is 2. The maximum atomic E-state index is 11.9. The molecule has 1 aliphatic rings. The van der Waals surface area contributed by atoms with E-state index >= 15 is 0 Å². The zero-order valence-electron chi connectivity index (χ0n) is 11.8. The molecule has 1 aliphatic heterocycles. The number of amides is 2. The molecular formula is C14H20N2O4. The number of ether oxygens (including phenoxy) is 3. The lowest BCUT2D eigenvalue weighted by molar-refractivity contribution is 0.112. The fraction of sp³-hybridized carbons (Fsp3) is 0.500. The van der Waals surface area contributed by atoms with E-state index in [1.165, 1.54) is 0 Å². The Morgan fingerprint density at radius 3 is 2.90 bits per heavy atom.